The van der Waals surface area contributed by atoms with Gasteiger partial charge in [0.2, 0.25) is 0 Å². The maximum atomic E-state index is 12.2. The van der Waals surface area contributed by atoms with Crippen LogP contribution in [0.5, 0.6) is 0 Å². The lowest BCUT2D eigenvalue weighted by atomic mass is 10.3. The van der Waals surface area contributed by atoms with Crippen molar-refractivity contribution in [2.45, 2.75) is 53.8 Å². The molecule has 0 spiro atoms. The second-order valence-electron chi connectivity index (χ2n) is 6.86. The van der Waals surface area contributed by atoms with E-state index in [9.17, 15) is 14.3 Å². The van der Waals surface area contributed by atoms with Crippen LogP contribution in [0.4, 0.5) is 0 Å². The van der Waals surface area contributed by atoms with Gasteiger partial charge in [-0.15, -0.1) is 0 Å². The molecule has 0 aromatic heterocycles. The zero-order valence-corrected chi connectivity index (χ0v) is 22.0. The fraction of sp³-hybridized carbons (Fsp3) is 1.00. The van der Waals surface area contributed by atoms with Gasteiger partial charge in [0.05, 0.1) is 51.0 Å². The highest BCUT2D eigenvalue weighted by Crippen LogP contribution is 2.49. The molecule has 4 N–H and O–H groups in total. The first-order chi connectivity index (χ1) is 14.9. The predicted octanol–water partition coefficient (Wildman–Crippen LogP) is 2.65. The first-order valence-electron chi connectivity index (χ1n) is 10.9. The van der Waals surface area contributed by atoms with Crippen molar-refractivity contribution in [1.82, 2.24) is 10.1 Å². The molecule has 0 saturated carbocycles. The largest absolute Gasteiger partial charge is 0.392 e. The number of nitrogens with zero attached hydrogens (tertiary/aromatic N) is 2. The van der Waals surface area contributed by atoms with E-state index < -0.39 is 27.4 Å². The number of aliphatic hydroxyl groups is 2. The van der Waals surface area contributed by atoms with Gasteiger partial charge in [-0.3, -0.25) is 9.13 Å². The third kappa shape index (κ3) is 19.5. The average molecular weight is 511 g/mol. The van der Waals surface area contributed by atoms with Gasteiger partial charge in [0.15, 0.2) is 0 Å². The zero-order chi connectivity index (χ0) is 25.2. The van der Waals surface area contributed by atoms with Gasteiger partial charge in [0, 0.05) is 26.2 Å². The van der Waals surface area contributed by atoms with E-state index in [1.165, 1.54) is 0 Å². The number of hydrogen-bond donors (Lipinski definition) is 4. The zero-order valence-electron chi connectivity index (χ0n) is 20.3. The predicted molar refractivity (Wildman–Crippen MR) is 122 cm³/mol. The smallest absolute Gasteiger partial charge is 0.332 e. The van der Waals surface area contributed by atoms with Crippen LogP contribution in [-0.2, 0) is 27.2 Å². The van der Waals surface area contributed by atoms with Crippen molar-refractivity contribution in [1.29, 1.82) is 0 Å². The fourth-order valence-electron chi connectivity index (χ4n) is 2.39. The Morgan fingerprint density at radius 2 is 0.938 bits per heavy atom. The molecule has 14 heteroatoms. The Labute approximate surface area is 192 Å². The monoisotopic (exact) mass is 510 g/mol. The Morgan fingerprint density at radius 1 is 0.656 bits per heavy atom. The van der Waals surface area contributed by atoms with E-state index in [4.69, 9.17) is 33.5 Å². The molecule has 12 nitrogen and oxygen atoms in total. The summed E-state index contributed by atoms with van der Waals surface area (Å²) in [5.74, 6) is 0. The molecule has 32 heavy (non-hydrogen) atoms. The van der Waals surface area contributed by atoms with Gasteiger partial charge < -0.3 is 38.7 Å². The highest BCUT2D eigenvalue weighted by molar-refractivity contribution is 7.54. The third-order valence-corrected chi connectivity index (χ3v) is 7.62. The minimum Gasteiger partial charge on any atom is -0.392 e. The van der Waals surface area contributed by atoms with Crippen LogP contribution in [-0.4, -0.2) is 108 Å². The van der Waals surface area contributed by atoms with E-state index in [0.29, 0.717) is 0 Å². The van der Waals surface area contributed by atoms with Crippen LogP contribution in [0, 0.1) is 0 Å². The van der Waals surface area contributed by atoms with E-state index in [2.05, 4.69) is 0 Å². The fourth-order valence-corrected chi connectivity index (χ4v) is 5.58. The molecule has 2 atom stereocenters. The summed E-state index contributed by atoms with van der Waals surface area (Å²) in [4.78, 5) is 0. The summed E-state index contributed by atoms with van der Waals surface area (Å²) < 4.78 is 45.0. The number of hydroxylamine groups is 4. The van der Waals surface area contributed by atoms with E-state index in [0.717, 1.165) is 10.1 Å². The van der Waals surface area contributed by atoms with E-state index >= 15 is 0 Å². The van der Waals surface area contributed by atoms with Gasteiger partial charge in [0.1, 0.15) is 0 Å². The molecule has 0 aliphatic carbocycles. The molecule has 0 bridgehead atoms. The summed E-state index contributed by atoms with van der Waals surface area (Å²) in [6.45, 7) is 11.6. The first kappa shape index (κ1) is 34.2. The van der Waals surface area contributed by atoms with Gasteiger partial charge in [0.25, 0.3) is 0 Å². The molecule has 0 rings (SSSR count). The quantitative estimate of drug-likeness (QED) is 0.158. The van der Waals surface area contributed by atoms with E-state index in [-0.39, 0.29) is 64.9 Å². The van der Waals surface area contributed by atoms with Crippen LogP contribution in [0.15, 0.2) is 0 Å². The summed E-state index contributed by atoms with van der Waals surface area (Å²) in [5.41, 5.74) is 0. The van der Waals surface area contributed by atoms with Crippen LogP contribution in [0.2, 0.25) is 0 Å². The maximum Gasteiger partial charge on any atom is 0.332 e. The van der Waals surface area contributed by atoms with Crippen molar-refractivity contribution in [3.05, 3.63) is 0 Å². The first-order valence-corrected chi connectivity index (χ1v) is 14.3. The molecule has 196 valence electrons. The minimum absolute atomic E-state index is 0.0543. The van der Waals surface area contributed by atoms with Crippen LogP contribution in [0.25, 0.3) is 0 Å². The van der Waals surface area contributed by atoms with E-state index in [1.807, 2.05) is 0 Å². The molecule has 0 radical (unpaired) electrons. The van der Waals surface area contributed by atoms with E-state index in [1.54, 1.807) is 41.5 Å². The van der Waals surface area contributed by atoms with Crippen molar-refractivity contribution in [3.63, 3.8) is 0 Å². The van der Waals surface area contributed by atoms with Crippen molar-refractivity contribution in [2.24, 2.45) is 0 Å². The van der Waals surface area contributed by atoms with Crippen molar-refractivity contribution in [2.75, 3.05) is 64.9 Å². The number of hydrogen-bond acceptors (Lipinski definition) is 12. The highest BCUT2D eigenvalue weighted by atomic mass is 31.2. The van der Waals surface area contributed by atoms with Crippen LogP contribution in [0.1, 0.15) is 41.5 Å². The SMILES string of the molecule is CC(O)CN(O)CC(C)O.CCOP(=O)(CCN(O)CCP(=O)(OCC)OCC)OCC. The van der Waals surface area contributed by atoms with Crippen LogP contribution >= 0.6 is 15.2 Å². The molecule has 0 amide bonds. The highest BCUT2D eigenvalue weighted by Gasteiger charge is 2.27. The Hall–Kier alpha value is 0.0600. The third-order valence-electron chi connectivity index (χ3n) is 3.52. The maximum absolute atomic E-state index is 12.2. The van der Waals surface area contributed by atoms with Crippen molar-refractivity contribution < 1.29 is 47.9 Å². The Kier molecular flexibility index (Phi) is 20.7. The average Bonchev–Trinajstić information content (AvgIpc) is 2.65. The number of aliphatic hydroxyl groups excluding tert-OH is 2. The lowest BCUT2D eigenvalue weighted by molar-refractivity contribution is -0.127. The molecule has 0 heterocycles. The normalized spacial score (nSPS) is 14.4. The summed E-state index contributed by atoms with van der Waals surface area (Å²) >= 11 is 0. The summed E-state index contributed by atoms with van der Waals surface area (Å²) in [7, 11) is -6.39. The molecular weight excluding hydrogens is 466 g/mol. The Balaban J connectivity index is 0. The second kappa shape index (κ2) is 19.4. The van der Waals surface area contributed by atoms with Gasteiger partial charge in [-0.05, 0) is 41.5 Å². The van der Waals surface area contributed by atoms with Gasteiger partial charge in [-0.1, -0.05) is 0 Å². The molecule has 0 aromatic rings. The molecule has 0 aromatic carbocycles. The topological polar surface area (TPSA) is 158 Å². The summed E-state index contributed by atoms with van der Waals surface area (Å²) in [5, 5.41) is 38.0. The van der Waals surface area contributed by atoms with Gasteiger partial charge >= 0.3 is 15.2 Å². The number of rotatable bonds is 18. The molecule has 0 saturated heterocycles. The molecule has 0 fully saturated rings. The molecule has 0 aliphatic rings. The summed E-state index contributed by atoms with van der Waals surface area (Å²) in [6, 6.07) is 0. The molecular formula is C18H44N2O10P2. The second-order valence-corrected chi connectivity index (χ2v) is 11.2. The van der Waals surface area contributed by atoms with Gasteiger partial charge in [-0.2, -0.15) is 10.1 Å². The standard InChI is InChI=1S/C12H29NO7P2.C6H15NO3/c1-5-17-21(15,18-6-2)11-9-13(14)10-12-22(16,19-7-3)20-8-4;1-5(8)3-7(10)4-6(2)9/h14H,5-12H2,1-4H3;5-6,8-10H,3-4H2,1-2H3. The van der Waals surface area contributed by atoms with Crippen molar-refractivity contribution in [3.8, 4) is 0 Å². The van der Waals surface area contributed by atoms with Crippen LogP contribution in [0.3, 0.4) is 0 Å². The molecule has 2 unspecified atom stereocenters. The Bertz CT molecular complexity index is 476. The molecule has 0 aliphatic heterocycles. The van der Waals surface area contributed by atoms with Gasteiger partial charge in [-0.25, -0.2) is 0 Å². The Morgan fingerprint density at radius 3 is 1.16 bits per heavy atom. The summed E-state index contributed by atoms with van der Waals surface area (Å²) in [6.07, 6.45) is -1.02. The van der Waals surface area contributed by atoms with Crippen molar-refractivity contribution >= 4 is 15.2 Å². The lowest BCUT2D eigenvalue weighted by Crippen LogP contribution is -2.33. The lowest BCUT2D eigenvalue weighted by Gasteiger charge is -2.22. The minimum atomic E-state index is -3.20. The van der Waals surface area contributed by atoms with Crippen LogP contribution < -0.4 is 0 Å².